The van der Waals surface area contributed by atoms with Crippen molar-refractivity contribution in [2.45, 2.75) is 10.1 Å². The molecule has 184 valence electrons. The Morgan fingerprint density at radius 3 is 2.67 bits per heavy atom. The molecule has 0 spiro atoms. The standard InChI is InChI=1S/C25H20Cl2N4O3S2/c26-19-2-1-3-20(27)18(19)15-35-25-29-21-6-5-17(13-24(21)36-25)28-14-16-4-7-22(23(12-16)31(32)33)30-8-10-34-11-9-30/h1-7,12-14H,8-11,15H2. The van der Waals surface area contributed by atoms with E-state index in [0.717, 1.165) is 25.8 Å². The molecule has 7 nitrogen and oxygen atoms in total. The minimum atomic E-state index is -0.347. The van der Waals surface area contributed by atoms with E-state index in [4.69, 9.17) is 27.9 Å². The van der Waals surface area contributed by atoms with Crippen molar-refractivity contribution in [3.63, 3.8) is 0 Å². The summed E-state index contributed by atoms with van der Waals surface area (Å²) in [7, 11) is 0. The number of thiazole rings is 1. The molecule has 1 aromatic heterocycles. The average Bonchev–Trinajstić information content (AvgIpc) is 3.29. The van der Waals surface area contributed by atoms with E-state index in [1.807, 2.05) is 47.4 Å². The molecule has 1 aliphatic heterocycles. The maximum absolute atomic E-state index is 11.7. The van der Waals surface area contributed by atoms with Gasteiger partial charge in [0.1, 0.15) is 5.69 Å². The van der Waals surface area contributed by atoms with Gasteiger partial charge in [-0.1, -0.05) is 47.1 Å². The van der Waals surface area contributed by atoms with Gasteiger partial charge in [-0.15, -0.1) is 11.3 Å². The molecule has 36 heavy (non-hydrogen) atoms. The van der Waals surface area contributed by atoms with Crippen molar-refractivity contribution in [2.75, 3.05) is 31.2 Å². The first-order valence-corrected chi connectivity index (χ1v) is 13.7. The molecule has 0 radical (unpaired) electrons. The lowest BCUT2D eigenvalue weighted by Crippen LogP contribution is -2.36. The van der Waals surface area contributed by atoms with Crippen LogP contribution in [0.25, 0.3) is 10.2 Å². The molecule has 0 atom stereocenters. The first-order chi connectivity index (χ1) is 17.5. The third kappa shape index (κ3) is 5.66. The molecule has 0 amide bonds. The molecule has 0 aliphatic carbocycles. The van der Waals surface area contributed by atoms with Gasteiger partial charge in [0.05, 0.1) is 34.0 Å². The van der Waals surface area contributed by atoms with Gasteiger partial charge >= 0.3 is 0 Å². The minimum Gasteiger partial charge on any atom is -0.378 e. The molecule has 1 fully saturated rings. The highest BCUT2D eigenvalue weighted by atomic mass is 35.5. The van der Waals surface area contributed by atoms with Crippen molar-refractivity contribution >= 4 is 79.8 Å². The lowest BCUT2D eigenvalue weighted by atomic mass is 10.1. The zero-order valence-electron chi connectivity index (χ0n) is 18.9. The molecule has 0 unspecified atom stereocenters. The van der Waals surface area contributed by atoms with Gasteiger partial charge in [0.15, 0.2) is 4.34 Å². The van der Waals surface area contributed by atoms with Crippen molar-refractivity contribution in [3.05, 3.63) is 85.9 Å². The summed E-state index contributed by atoms with van der Waals surface area (Å²) in [5.41, 5.74) is 3.86. The fraction of sp³-hybridized carbons (Fsp3) is 0.200. The van der Waals surface area contributed by atoms with Crippen LogP contribution in [0.1, 0.15) is 11.1 Å². The number of nitro benzene ring substituents is 1. The van der Waals surface area contributed by atoms with Crippen LogP contribution in [-0.2, 0) is 10.5 Å². The van der Waals surface area contributed by atoms with E-state index in [1.165, 1.54) is 0 Å². The summed E-state index contributed by atoms with van der Waals surface area (Å²) < 4.78 is 7.28. The molecular weight excluding hydrogens is 539 g/mol. The third-order valence-electron chi connectivity index (χ3n) is 5.66. The number of rotatable bonds is 7. The molecular formula is C25H20Cl2N4O3S2. The van der Waals surface area contributed by atoms with Crippen LogP contribution in [-0.4, -0.2) is 42.4 Å². The minimum absolute atomic E-state index is 0.0686. The number of nitro groups is 1. The lowest BCUT2D eigenvalue weighted by molar-refractivity contribution is -0.384. The second kappa shape index (κ2) is 11.1. The highest BCUT2D eigenvalue weighted by Gasteiger charge is 2.21. The SMILES string of the molecule is O=[N+]([O-])c1cc(C=Nc2ccc3nc(SCc4c(Cl)cccc4Cl)sc3c2)ccc1N1CCOCC1. The fourth-order valence-corrected chi connectivity index (χ4v) is 6.67. The number of nitrogens with zero attached hydrogens (tertiary/aromatic N) is 4. The van der Waals surface area contributed by atoms with Crippen LogP contribution in [0.2, 0.25) is 10.0 Å². The van der Waals surface area contributed by atoms with E-state index in [-0.39, 0.29) is 10.6 Å². The monoisotopic (exact) mass is 558 g/mol. The molecule has 0 bridgehead atoms. The number of ether oxygens (including phenoxy) is 1. The van der Waals surface area contributed by atoms with Crippen LogP contribution >= 0.6 is 46.3 Å². The molecule has 3 aromatic carbocycles. The predicted octanol–water partition coefficient (Wildman–Crippen LogP) is 7.39. The van der Waals surface area contributed by atoms with Crippen molar-refractivity contribution in [1.82, 2.24) is 4.98 Å². The molecule has 5 rings (SSSR count). The van der Waals surface area contributed by atoms with Crippen molar-refractivity contribution in [1.29, 1.82) is 0 Å². The zero-order chi connectivity index (χ0) is 25.1. The number of hydrogen-bond donors (Lipinski definition) is 0. The normalized spacial score (nSPS) is 14.1. The van der Waals surface area contributed by atoms with E-state index >= 15 is 0 Å². The van der Waals surface area contributed by atoms with Gasteiger partial charge in [0.2, 0.25) is 0 Å². The second-order valence-corrected chi connectivity index (χ2v) is 11.1. The first kappa shape index (κ1) is 25.0. The molecule has 4 aromatic rings. The van der Waals surface area contributed by atoms with Crippen molar-refractivity contribution in [3.8, 4) is 0 Å². The number of halogens is 2. The predicted molar refractivity (Wildman–Crippen MR) is 149 cm³/mol. The Labute approximate surface area is 225 Å². The Hall–Kier alpha value is -2.69. The molecule has 11 heteroatoms. The number of morpholine rings is 1. The van der Waals surface area contributed by atoms with Gasteiger partial charge in [-0.25, -0.2) is 4.98 Å². The van der Waals surface area contributed by atoms with E-state index in [0.29, 0.717) is 53.4 Å². The largest absolute Gasteiger partial charge is 0.378 e. The second-order valence-electron chi connectivity index (χ2n) is 7.98. The summed E-state index contributed by atoms with van der Waals surface area (Å²) in [4.78, 5) is 22.6. The number of aromatic nitrogens is 1. The highest BCUT2D eigenvalue weighted by Crippen LogP contribution is 2.36. The van der Waals surface area contributed by atoms with Crippen LogP contribution < -0.4 is 4.90 Å². The number of anilines is 1. The highest BCUT2D eigenvalue weighted by molar-refractivity contribution is 8.00. The van der Waals surface area contributed by atoms with E-state index in [9.17, 15) is 10.1 Å². The van der Waals surface area contributed by atoms with E-state index < -0.39 is 0 Å². The Bertz CT molecular complexity index is 1430. The molecule has 1 saturated heterocycles. The number of fused-ring (bicyclic) bond motifs is 1. The van der Waals surface area contributed by atoms with Crippen molar-refractivity contribution in [2.24, 2.45) is 4.99 Å². The maximum atomic E-state index is 11.7. The number of hydrogen-bond acceptors (Lipinski definition) is 8. The van der Waals surface area contributed by atoms with Gasteiger partial charge in [-0.05, 0) is 47.5 Å². The van der Waals surface area contributed by atoms with Crippen LogP contribution in [0, 0.1) is 10.1 Å². The topological polar surface area (TPSA) is 80.9 Å². The van der Waals surface area contributed by atoms with Crippen LogP contribution in [0.15, 0.2) is 63.9 Å². The number of benzene rings is 3. The Kier molecular flexibility index (Phi) is 7.73. The Morgan fingerprint density at radius 2 is 1.92 bits per heavy atom. The maximum Gasteiger partial charge on any atom is 0.293 e. The van der Waals surface area contributed by atoms with E-state index in [1.54, 1.807) is 41.4 Å². The van der Waals surface area contributed by atoms with Gasteiger partial charge in [-0.3, -0.25) is 15.1 Å². The summed E-state index contributed by atoms with van der Waals surface area (Å²) >= 11 is 15.7. The molecule has 0 saturated carbocycles. The van der Waals surface area contributed by atoms with Crippen LogP contribution in [0.3, 0.4) is 0 Å². The summed E-state index contributed by atoms with van der Waals surface area (Å²) in [6.07, 6.45) is 1.65. The lowest BCUT2D eigenvalue weighted by Gasteiger charge is -2.28. The fourth-order valence-electron chi connectivity index (χ4n) is 3.83. The molecule has 1 aliphatic rings. The zero-order valence-corrected chi connectivity index (χ0v) is 22.0. The smallest absolute Gasteiger partial charge is 0.293 e. The molecule has 2 heterocycles. The summed E-state index contributed by atoms with van der Waals surface area (Å²) in [5, 5.41) is 13.0. The van der Waals surface area contributed by atoms with E-state index in [2.05, 4.69) is 9.98 Å². The number of thioether (sulfide) groups is 1. The quantitative estimate of drug-likeness (QED) is 0.102. The summed E-state index contributed by atoms with van der Waals surface area (Å²) in [6.45, 7) is 2.40. The van der Waals surface area contributed by atoms with Crippen molar-refractivity contribution < 1.29 is 9.66 Å². The Balaban J connectivity index is 1.32. The third-order valence-corrected chi connectivity index (χ3v) is 8.56. The number of aliphatic imine (C=N–C) groups is 1. The van der Waals surface area contributed by atoms with Crippen LogP contribution in [0.5, 0.6) is 0 Å². The molecule has 0 N–H and O–H groups in total. The van der Waals surface area contributed by atoms with Gasteiger partial charge in [0.25, 0.3) is 5.69 Å². The summed E-state index contributed by atoms with van der Waals surface area (Å²) in [6, 6.07) is 16.5. The average molecular weight is 560 g/mol. The summed E-state index contributed by atoms with van der Waals surface area (Å²) in [5.74, 6) is 0.628. The Morgan fingerprint density at radius 1 is 1.14 bits per heavy atom. The van der Waals surface area contributed by atoms with Gasteiger partial charge in [-0.2, -0.15) is 0 Å². The van der Waals surface area contributed by atoms with Crippen LogP contribution in [0.4, 0.5) is 17.1 Å². The van der Waals surface area contributed by atoms with Gasteiger partial charge in [0, 0.05) is 41.2 Å². The first-order valence-electron chi connectivity index (χ1n) is 11.1. The van der Waals surface area contributed by atoms with Gasteiger partial charge < -0.3 is 9.64 Å².